The van der Waals surface area contributed by atoms with E-state index in [0.29, 0.717) is 12.8 Å². The molecule has 6 saturated heterocycles. The van der Waals surface area contributed by atoms with Crippen LogP contribution in [0.25, 0.3) is 0 Å². The number of amides is 4. The molecule has 6 fully saturated rings. The fourth-order valence-corrected chi connectivity index (χ4v) is 18.3. The minimum absolute atomic E-state index is 0.140. The van der Waals surface area contributed by atoms with Crippen molar-refractivity contribution in [2.75, 3.05) is 46.2 Å². The molecular weight excluding hydrogens is 1790 g/mol. The molecule has 6 heterocycles. The van der Waals surface area contributed by atoms with E-state index < -0.39 is 296 Å². The molecule has 0 aliphatic carbocycles. The third-order valence-electron chi connectivity index (χ3n) is 26.1. The molecule has 786 valence electrons. The molecule has 0 aromatic rings. The fraction of sp³-hybridized carbons (Fsp3) is 0.913. The first kappa shape index (κ1) is 119. The minimum atomic E-state index is -3.53. The Morgan fingerprint density at radius 3 is 1.20 bits per heavy atom. The molecule has 6 aliphatic heterocycles. The number of nitrogens with one attached hydrogen (secondary N) is 4. The van der Waals surface area contributed by atoms with Crippen molar-refractivity contribution >= 4 is 35.6 Å². The molecule has 43 heteroatoms. The monoisotopic (exact) mass is 1950 g/mol. The highest BCUT2D eigenvalue weighted by Crippen LogP contribution is 2.43. The molecule has 25 N–H and O–H groups in total. The van der Waals surface area contributed by atoms with Gasteiger partial charge in [0, 0.05) is 40.0 Å². The van der Waals surface area contributed by atoms with Crippen LogP contribution >= 0.6 is 0 Å². The standard InChI is InChI=1S/C92H164N4O39/c1-6-8-10-12-14-16-18-20-21-22-23-24-25-26-27-28-29-31-33-35-37-39-41-43-66(110)96-56(57(106)42-40-38-36-34-32-30-19-17-15-13-11-9-7-2)52-124-86-76(117)75(116)79(65(51-102)128-86)129-87-77(118)83(72(113)62(48-99)126-87)131-85-69(95-55(5)105)80(71(112)61(47-98)125-85)130-88-78(119)84(73(114)63(49-100)127-88)135-92(90(122)123)45-59(108)68(94-54(4)104)82(134-92)74(115)64(50-101)132-91(89(120)121)44-58(107)67(93-53(3)103)81(133-91)70(111)60(109)46-97/h40,42,56-65,67-88,97-102,106-109,111-119H,6-39,41,43-52H2,1-5H3,(H,93,103)(H,94,104)(H,95,105)(H,96,110)(H,120,121)(H,122,123)/b42-40+/t56-,57+,58?,59?,60+,61?,62?,63?,64+,65?,67+,68+,69?,70+,71+,72-,73-,74+,75+,76?,77?,78?,79+,80+,81?,82?,83-,84-,85-,86+,87-,88-,91+,92-/m0/s1. The summed E-state index contributed by atoms with van der Waals surface area (Å²) in [6.45, 7) is -0.543. The molecule has 6 rings (SSSR count). The highest BCUT2D eigenvalue weighted by Gasteiger charge is 2.64. The van der Waals surface area contributed by atoms with E-state index in [1.807, 2.05) is 6.08 Å². The lowest BCUT2D eigenvalue weighted by atomic mass is 9.87. The van der Waals surface area contributed by atoms with Gasteiger partial charge in [-0.15, -0.1) is 0 Å². The van der Waals surface area contributed by atoms with E-state index in [9.17, 15) is 136 Å². The lowest BCUT2D eigenvalue weighted by Gasteiger charge is -2.52. The third kappa shape index (κ3) is 36.9. The molecule has 135 heavy (non-hydrogen) atoms. The SMILES string of the molecule is CCCCCCCCCCCCC/C=C/[C@@H](O)[C@H](CO[C@@H]1OC(CO)[C@@H](O[C@@H]2OC(CO)[C@H](O)[C@H](O[C@@H]3OC(CO)[C@@H](O)[C@H](O[C@@H]4OC(CO)[C@H](O)[C@H](O[C@]5(C(=O)O)CC(O)[C@@H](NC(C)=O)C([C@H](O)[C@@H](CO)O[C@]6(C(=O)O)CC(O)[C@@H](NC(C)=O)C([C@H](O)[C@H](O)CO)O6)O5)C4O)C3NC(C)=O)C2O)[C@H](O)C1O)NC(=O)CCCCCCCCCCCCCCCCCCCCCCCCC. The molecule has 12 unspecified atom stereocenters. The second-order valence-corrected chi connectivity index (χ2v) is 37.1. The number of aliphatic hydroxyl groups excluding tert-OH is 19. The number of carboxylic acids is 2. The number of aliphatic hydroxyl groups is 19. The summed E-state index contributed by atoms with van der Waals surface area (Å²) >= 11 is 0. The van der Waals surface area contributed by atoms with Gasteiger partial charge in [-0.3, -0.25) is 19.2 Å². The van der Waals surface area contributed by atoms with Crippen molar-refractivity contribution < 1.29 is 193 Å². The maximum Gasteiger partial charge on any atom is 0.364 e. The van der Waals surface area contributed by atoms with Crippen LogP contribution in [0.3, 0.4) is 0 Å². The first-order valence-corrected chi connectivity index (χ1v) is 49.2. The quantitative estimate of drug-likeness (QED) is 0.0263. The van der Waals surface area contributed by atoms with E-state index in [1.165, 1.54) is 154 Å². The molecule has 4 amide bonds. The highest BCUT2D eigenvalue weighted by atomic mass is 16.8. The Morgan fingerprint density at radius 2 is 0.770 bits per heavy atom. The Bertz CT molecular complexity index is 3350. The number of hydrogen-bond donors (Lipinski definition) is 25. The molecule has 0 aromatic heterocycles. The Kier molecular flexibility index (Phi) is 55.3. The lowest BCUT2D eigenvalue weighted by molar-refractivity contribution is -0.390. The Labute approximate surface area is 790 Å². The predicted molar refractivity (Wildman–Crippen MR) is 477 cm³/mol. The van der Waals surface area contributed by atoms with E-state index in [2.05, 4.69) is 35.1 Å². The molecule has 0 saturated carbocycles. The number of aliphatic carboxylic acids is 2. The largest absolute Gasteiger partial charge is 0.477 e. The number of unbranched alkanes of at least 4 members (excludes halogenated alkanes) is 33. The molecule has 0 spiro atoms. The van der Waals surface area contributed by atoms with Gasteiger partial charge >= 0.3 is 11.9 Å². The predicted octanol–water partition coefficient (Wildman–Crippen LogP) is -0.748. The maximum absolute atomic E-state index is 13.8. The molecule has 0 aromatic carbocycles. The molecule has 6 aliphatic rings. The summed E-state index contributed by atoms with van der Waals surface area (Å²) < 4.78 is 71.0. The van der Waals surface area contributed by atoms with Crippen LogP contribution in [-0.4, -0.2) is 396 Å². The normalized spacial score (nSPS) is 33.7. The van der Waals surface area contributed by atoms with Gasteiger partial charge in [-0.2, -0.15) is 0 Å². The fourth-order valence-electron chi connectivity index (χ4n) is 18.3. The summed E-state index contributed by atoms with van der Waals surface area (Å²) in [7, 11) is 0. The first-order valence-electron chi connectivity index (χ1n) is 49.2. The zero-order valence-electron chi connectivity index (χ0n) is 79.2. The Morgan fingerprint density at radius 1 is 0.400 bits per heavy atom. The first-order chi connectivity index (χ1) is 64.6. The van der Waals surface area contributed by atoms with Crippen LogP contribution < -0.4 is 21.3 Å². The van der Waals surface area contributed by atoms with Crippen LogP contribution in [0.5, 0.6) is 0 Å². The van der Waals surface area contributed by atoms with Crippen LogP contribution in [0.4, 0.5) is 0 Å². The van der Waals surface area contributed by atoms with Gasteiger partial charge in [-0.05, 0) is 19.3 Å². The van der Waals surface area contributed by atoms with Gasteiger partial charge in [0.25, 0.3) is 11.6 Å². The highest BCUT2D eigenvalue weighted by molar-refractivity contribution is 5.78. The Hall–Kier alpha value is -4.68. The number of hydrogen-bond acceptors (Lipinski definition) is 37. The zero-order valence-corrected chi connectivity index (χ0v) is 79.2. The summed E-state index contributed by atoms with van der Waals surface area (Å²) in [6.07, 6.45) is -18.5. The van der Waals surface area contributed by atoms with Gasteiger partial charge in [0.1, 0.15) is 134 Å². The number of allylic oxidation sites excluding steroid dienone is 1. The van der Waals surface area contributed by atoms with E-state index in [0.717, 1.165) is 78.6 Å². The molecule has 0 bridgehead atoms. The van der Waals surface area contributed by atoms with Crippen molar-refractivity contribution in [2.45, 2.75) is 486 Å². The van der Waals surface area contributed by atoms with Crippen LogP contribution in [0, 0.1) is 0 Å². The topological polar surface area (TPSA) is 686 Å². The van der Waals surface area contributed by atoms with Crippen molar-refractivity contribution in [2.24, 2.45) is 0 Å². The lowest BCUT2D eigenvalue weighted by Crippen LogP contribution is -2.72. The second-order valence-electron chi connectivity index (χ2n) is 37.1. The van der Waals surface area contributed by atoms with Crippen LogP contribution in [0.15, 0.2) is 12.2 Å². The van der Waals surface area contributed by atoms with Gasteiger partial charge in [0.2, 0.25) is 23.6 Å². The number of carbonyl (C=O) groups excluding carboxylic acids is 4. The number of carboxylic acid groups (broad SMARTS) is 2. The average molecular weight is 1950 g/mol. The van der Waals surface area contributed by atoms with Gasteiger partial charge in [-0.25, -0.2) is 9.59 Å². The van der Waals surface area contributed by atoms with Crippen LogP contribution in [0.2, 0.25) is 0 Å². The third-order valence-corrected chi connectivity index (χ3v) is 26.1. The van der Waals surface area contributed by atoms with Crippen molar-refractivity contribution in [1.82, 2.24) is 21.3 Å². The van der Waals surface area contributed by atoms with Gasteiger partial charge in [0.05, 0.1) is 82.7 Å². The van der Waals surface area contributed by atoms with E-state index in [4.69, 9.17) is 56.8 Å². The van der Waals surface area contributed by atoms with Gasteiger partial charge in [-0.1, -0.05) is 231 Å². The van der Waals surface area contributed by atoms with E-state index in [-0.39, 0.29) is 12.3 Å². The van der Waals surface area contributed by atoms with Crippen LogP contribution in [-0.2, 0) is 85.6 Å². The Balaban J connectivity index is 1.13. The van der Waals surface area contributed by atoms with Crippen LogP contribution in [0.1, 0.15) is 279 Å². The maximum atomic E-state index is 13.8. The van der Waals surface area contributed by atoms with E-state index >= 15 is 0 Å². The molecule has 0 radical (unpaired) electrons. The molecule has 43 nitrogen and oxygen atoms in total. The smallest absolute Gasteiger partial charge is 0.364 e. The second kappa shape index (κ2) is 62.7. The zero-order chi connectivity index (χ0) is 99.5. The number of rotatable bonds is 67. The molecule has 34 atom stereocenters. The number of ether oxygens (including phenoxy) is 12. The van der Waals surface area contributed by atoms with Crippen molar-refractivity contribution in [3.05, 3.63) is 12.2 Å². The van der Waals surface area contributed by atoms with Crippen molar-refractivity contribution in [3.63, 3.8) is 0 Å². The van der Waals surface area contributed by atoms with E-state index in [1.54, 1.807) is 6.08 Å². The summed E-state index contributed by atoms with van der Waals surface area (Å²) in [5.41, 5.74) is 0. The summed E-state index contributed by atoms with van der Waals surface area (Å²) in [6, 6.07) is -6.91. The van der Waals surface area contributed by atoms with Crippen molar-refractivity contribution in [1.29, 1.82) is 0 Å². The minimum Gasteiger partial charge on any atom is -0.477 e. The average Bonchev–Trinajstić information content (AvgIpc) is 0.746. The summed E-state index contributed by atoms with van der Waals surface area (Å²) in [5, 5.41) is 247. The number of carbonyl (C=O) groups is 6. The summed E-state index contributed by atoms with van der Waals surface area (Å²) in [4.78, 5) is 79.0. The summed E-state index contributed by atoms with van der Waals surface area (Å²) in [5.74, 6) is -14.6. The van der Waals surface area contributed by atoms with Gasteiger partial charge < -0.3 is 185 Å². The van der Waals surface area contributed by atoms with Crippen molar-refractivity contribution in [3.8, 4) is 0 Å². The molecular formula is C92H164N4O39. The van der Waals surface area contributed by atoms with Gasteiger partial charge in [0.15, 0.2) is 25.2 Å².